The molecule has 3 nitrogen and oxygen atoms in total. The molecule has 0 bridgehead atoms. The van der Waals surface area contributed by atoms with Crippen molar-refractivity contribution in [2.24, 2.45) is 0 Å². The van der Waals surface area contributed by atoms with Crippen LogP contribution in [0, 0.1) is 0 Å². The van der Waals surface area contributed by atoms with Gasteiger partial charge in [0.05, 0.1) is 17.6 Å². The van der Waals surface area contributed by atoms with E-state index >= 15 is 0 Å². The highest BCUT2D eigenvalue weighted by molar-refractivity contribution is 6.35. The van der Waals surface area contributed by atoms with Crippen molar-refractivity contribution in [2.75, 3.05) is 0 Å². The van der Waals surface area contributed by atoms with Gasteiger partial charge in [-0.1, -0.05) is 52.7 Å². The lowest BCUT2D eigenvalue weighted by Gasteiger charge is -2.03. The van der Waals surface area contributed by atoms with Gasteiger partial charge in [-0.05, 0) is 42.7 Å². The predicted molar refractivity (Wildman–Crippen MR) is 85.2 cm³/mol. The van der Waals surface area contributed by atoms with Gasteiger partial charge in [0.2, 0.25) is 0 Å². The molecule has 0 aliphatic heterocycles. The van der Waals surface area contributed by atoms with Crippen molar-refractivity contribution in [3.8, 4) is 5.69 Å². The topological polar surface area (TPSA) is 30.7 Å². The Bertz CT molecular complexity index is 738. The first-order valence-electron chi connectivity index (χ1n) is 6.63. The van der Waals surface area contributed by atoms with E-state index in [1.54, 1.807) is 10.7 Å². The molecule has 0 fully saturated rings. The van der Waals surface area contributed by atoms with Crippen molar-refractivity contribution in [1.29, 1.82) is 0 Å². The van der Waals surface area contributed by atoms with Crippen molar-refractivity contribution < 1.29 is 0 Å². The SMILES string of the molecule is Clc1ccc(CCc2cn(-c3ccccc3)nn2)c(Cl)c1. The normalized spacial score (nSPS) is 10.8. The number of aromatic nitrogens is 3. The van der Waals surface area contributed by atoms with Gasteiger partial charge in [-0.25, -0.2) is 4.68 Å². The number of para-hydroxylation sites is 1. The molecule has 0 spiro atoms. The number of aryl methyl sites for hydroxylation is 2. The molecule has 5 heteroatoms. The minimum absolute atomic E-state index is 0.652. The summed E-state index contributed by atoms with van der Waals surface area (Å²) in [7, 11) is 0. The molecule has 0 N–H and O–H groups in total. The highest BCUT2D eigenvalue weighted by atomic mass is 35.5. The number of nitrogens with zero attached hydrogens (tertiary/aromatic N) is 3. The molecule has 2 aromatic carbocycles. The van der Waals surface area contributed by atoms with Crippen molar-refractivity contribution in [3.63, 3.8) is 0 Å². The Hall–Kier alpha value is -1.84. The Balaban J connectivity index is 1.70. The van der Waals surface area contributed by atoms with Crippen molar-refractivity contribution in [2.45, 2.75) is 12.8 Å². The lowest BCUT2D eigenvalue weighted by Crippen LogP contribution is -1.93. The van der Waals surface area contributed by atoms with Crippen molar-refractivity contribution >= 4 is 23.2 Å². The standard InChI is InChI=1S/C16H13Cl2N3/c17-13-8-6-12(16(18)10-13)7-9-14-11-21(20-19-14)15-4-2-1-3-5-15/h1-6,8,10-11H,7,9H2. The summed E-state index contributed by atoms with van der Waals surface area (Å²) in [5, 5.41) is 9.69. The first-order valence-corrected chi connectivity index (χ1v) is 7.38. The molecule has 21 heavy (non-hydrogen) atoms. The summed E-state index contributed by atoms with van der Waals surface area (Å²) in [6, 6.07) is 15.5. The molecule has 0 saturated heterocycles. The summed E-state index contributed by atoms with van der Waals surface area (Å²) in [6.45, 7) is 0. The van der Waals surface area contributed by atoms with Crippen molar-refractivity contribution in [3.05, 3.63) is 76.0 Å². The fourth-order valence-electron chi connectivity index (χ4n) is 2.11. The zero-order chi connectivity index (χ0) is 14.7. The van der Waals surface area contributed by atoms with Crippen LogP contribution in [0.15, 0.2) is 54.7 Å². The molecule has 0 unspecified atom stereocenters. The van der Waals surface area contributed by atoms with Crippen LogP contribution >= 0.6 is 23.2 Å². The summed E-state index contributed by atoms with van der Waals surface area (Å²) in [4.78, 5) is 0. The number of halogens is 2. The van der Waals surface area contributed by atoms with Gasteiger partial charge in [0, 0.05) is 10.0 Å². The molecular weight excluding hydrogens is 305 g/mol. The fraction of sp³-hybridized carbons (Fsp3) is 0.125. The highest BCUT2D eigenvalue weighted by Gasteiger charge is 2.06. The van der Waals surface area contributed by atoms with E-state index in [1.165, 1.54) is 0 Å². The third-order valence-electron chi connectivity index (χ3n) is 3.23. The molecule has 106 valence electrons. The van der Waals surface area contributed by atoms with Crippen molar-refractivity contribution in [1.82, 2.24) is 15.0 Å². The third-order valence-corrected chi connectivity index (χ3v) is 3.81. The minimum atomic E-state index is 0.652. The Morgan fingerprint density at radius 2 is 1.76 bits per heavy atom. The van der Waals surface area contributed by atoms with E-state index in [2.05, 4.69) is 10.3 Å². The Kier molecular flexibility index (Phi) is 4.23. The zero-order valence-corrected chi connectivity index (χ0v) is 12.7. The van der Waals surface area contributed by atoms with Crippen LogP contribution < -0.4 is 0 Å². The number of hydrogen-bond acceptors (Lipinski definition) is 2. The van der Waals surface area contributed by atoms with Crippen LogP contribution in [-0.4, -0.2) is 15.0 Å². The van der Waals surface area contributed by atoms with Crippen LogP contribution in [0.3, 0.4) is 0 Å². The lowest BCUT2D eigenvalue weighted by molar-refractivity contribution is 0.794. The van der Waals surface area contributed by atoms with Crippen LogP contribution in [0.1, 0.15) is 11.3 Å². The van der Waals surface area contributed by atoms with Gasteiger partial charge in [0.15, 0.2) is 0 Å². The second-order valence-corrected chi connectivity index (χ2v) is 5.57. The van der Waals surface area contributed by atoms with Crippen LogP contribution in [0.2, 0.25) is 10.0 Å². The second kappa shape index (κ2) is 6.29. The zero-order valence-electron chi connectivity index (χ0n) is 11.2. The van der Waals surface area contributed by atoms with E-state index in [4.69, 9.17) is 23.2 Å². The maximum Gasteiger partial charge on any atom is 0.0835 e. The summed E-state index contributed by atoms with van der Waals surface area (Å²) in [5.41, 5.74) is 3.00. The molecular formula is C16H13Cl2N3. The van der Waals surface area contributed by atoms with Gasteiger partial charge in [0.1, 0.15) is 0 Å². The molecule has 0 atom stereocenters. The van der Waals surface area contributed by atoms with E-state index in [1.807, 2.05) is 48.7 Å². The molecule has 3 aromatic rings. The molecule has 0 aliphatic rings. The molecule has 3 rings (SSSR count). The van der Waals surface area contributed by atoms with Gasteiger partial charge in [0.25, 0.3) is 0 Å². The maximum atomic E-state index is 6.17. The van der Waals surface area contributed by atoms with Crippen LogP contribution in [0.5, 0.6) is 0 Å². The fourth-order valence-corrected chi connectivity index (χ4v) is 2.61. The summed E-state index contributed by atoms with van der Waals surface area (Å²) in [5.74, 6) is 0. The second-order valence-electron chi connectivity index (χ2n) is 4.73. The summed E-state index contributed by atoms with van der Waals surface area (Å²) < 4.78 is 1.78. The van der Waals surface area contributed by atoms with E-state index in [9.17, 15) is 0 Å². The smallest absolute Gasteiger partial charge is 0.0835 e. The summed E-state index contributed by atoms with van der Waals surface area (Å²) in [6.07, 6.45) is 3.54. The van der Waals surface area contributed by atoms with Crippen LogP contribution in [0.4, 0.5) is 0 Å². The molecule has 0 aliphatic carbocycles. The van der Waals surface area contributed by atoms with E-state index in [-0.39, 0.29) is 0 Å². The van der Waals surface area contributed by atoms with E-state index in [0.29, 0.717) is 10.0 Å². The van der Waals surface area contributed by atoms with Gasteiger partial charge in [-0.2, -0.15) is 0 Å². The maximum absolute atomic E-state index is 6.17. The monoisotopic (exact) mass is 317 g/mol. The van der Waals surface area contributed by atoms with Gasteiger partial charge >= 0.3 is 0 Å². The van der Waals surface area contributed by atoms with E-state index < -0.39 is 0 Å². The first kappa shape index (κ1) is 14.1. The van der Waals surface area contributed by atoms with Crippen LogP contribution in [0.25, 0.3) is 5.69 Å². The molecule has 0 amide bonds. The molecule has 0 radical (unpaired) electrons. The quantitative estimate of drug-likeness (QED) is 0.715. The molecule has 0 saturated carbocycles. The Labute approximate surface area is 133 Å². The predicted octanol–water partition coefficient (Wildman–Crippen LogP) is 4.36. The third kappa shape index (κ3) is 3.43. The first-order chi connectivity index (χ1) is 10.2. The largest absolute Gasteiger partial charge is 0.220 e. The Morgan fingerprint density at radius 3 is 2.52 bits per heavy atom. The molecule has 1 heterocycles. The van der Waals surface area contributed by atoms with Crippen LogP contribution in [-0.2, 0) is 12.8 Å². The highest BCUT2D eigenvalue weighted by Crippen LogP contribution is 2.22. The number of benzene rings is 2. The lowest BCUT2D eigenvalue weighted by atomic mass is 10.1. The van der Waals surface area contributed by atoms with E-state index in [0.717, 1.165) is 29.8 Å². The average Bonchev–Trinajstić information content (AvgIpc) is 2.96. The average molecular weight is 318 g/mol. The summed E-state index contributed by atoms with van der Waals surface area (Å²) >= 11 is 12.1. The number of hydrogen-bond donors (Lipinski definition) is 0. The number of rotatable bonds is 4. The van der Waals surface area contributed by atoms with Gasteiger partial charge < -0.3 is 0 Å². The van der Waals surface area contributed by atoms with Gasteiger partial charge in [-0.15, -0.1) is 5.10 Å². The Morgan fingerprint density at radius 1 is 0.952 bits per heavy atom. The molecule has 1 aromatic heterocycles. The minimum Gasteiger partial charge on any atom is -0.220 e. The van der Waals surface area contributed by atoms with Gasteiger partial charge in [-0.3, -0.25) is 0 Å².